The number of Topliss-reactive ketones (excluding diaryl/α,β-unsaturated/α-hetero) is 1. The van der Waals surface area contributed by atoms with E-state index in [2.05, 4.69) is 37.9 Å². The molecule has 31 heavy (non-hydrogen) atoms. The second-order valence-electron chi connectivity index (χ2n) is 9.50. The number of aryl methyl sites for hydroxylation is 1. The summed E-state index contributed by atoms with van der Waals surface area (Å²) in [7, 11) is 0. The van der Waals surface area contributed by atoms with Gasteiger partial charge in [0.2, 0.25) is 0 Å². The van der Waals surface area contributed by atoms with Crippen molar-refractivity contribution >= 4 is 39.7 Å². The van der Waals surface area contributed by atoms with Crippen molar-refractivity contribution in [2.45, 2.75) is 58.4 Å². The van der Waals surface area contributed by atoms with Crippen LogP contribution in [0.3, 0.4) is 0 Å². The average Bonchev–Trinajstić information content (AvgIpc) is 3.39. The molecule has 3 aromatic rings. The predicted molar refractivity (Wildman–Crippen MR) is 126 cm³/mol. The zero-order chi connectivity index (χ0) is 21.2. The van der Waals surface area contributed by atoms with E-state index < -0.39 is 0 Å². The number of amidine groups is 1. The van der Waals surface area contributed by atoms with E-state index in [4.69, 9.17) is 14.8 Å². The van der Waals surface area contributed by atoms with E-state index in [9.17, 15) is 4.79 Å². The van der Waals surface area contributed by atoms with Gasteiger partial charge in [0.15, 0.2) is 17.3 Å². The Morgan fingerprint density at radius 1 is 1.23 bits per heavy atom. The van der Waals surface area contributed by atoms with E-state index in [0.29, 0.717) is 35.3 Å². The molecule has 6 nitrogen and oxygen atoms in total. The number of fused-ring (bicyclic) bond motifs is 2. The fourth-order valence-corrected chi connectivity index (χ4v) is 4.14. The van der Waals surface area contributed by atoms with E-state index in [-0.39, 0.29) is 34.7 Å². The van der Waals surface area contributed by atoms with Crippen molar-refractivity contribution in [3.8, 4) is 0 Å². The van der Waals surface area contributed by atoms with Crippen LogP contribution in [0.4, 0.5) is 0 Å². The Kier molecular flexibility index (Phi) is 5.28. The molecular formula is C24H27BrN4O2. The third-order valence-corrected chi connectivity index (χ3v) is 5.96. The highest BCUT2D eigenvalue weighted by molar-refractivity contribution is 8.93. The molecule has 162 valence electrons. The van der Waals surface area contributed by atoms with Gasteiger partial charge in [0, 0.05) is 41.8 Å². The molecule has 1 aliphatic heterocycles. The summed E-state index contributed by atoms with van der Waals surface area (Å²) in [6.07, 6.45) is 2.36. The van der Waals surface area contributed by atoms with E-state index in [1.165, 1.54) is 12.8 Å². The summed E-state index contributed by atoms with van der Waals surface area (Å²) in [6, 6.07) is 7.87. The number of nitrogens with one attached hydrogen (secondary N) is 1. The van der Waals surface area contributed by atoms with Crippen molar-refractivity contribution in [1.29, 1.82) is 5.41 Å². The second kappa shape index (κ2) is 7.55. The van der Waals surface area contributed by atoms with Gasteiger partial charge in [-0.3, -0.25) is 10.2 Å². The molecule has 1 aliphatic carbocycles. The Morgan fingerprint density at radius 3 is 2.65 bits per heavy atom. The molecule has 2 aliphatic rings. The maximum absolute atomic E-state index is 13.2. The smallest absolute Gasteiger partial charge is 0.192 e. The van der Waals surface area contributed by atoms with Crippen molar-refractivity contribution < 1.29 is 9.21 Å². The fourth-order valence-electron chi connectivity index (χ4n) is 4.14. The number of aromatic nitrogens is 2. The largest absolute Gasteiger partial charge is 0.441 e. The lowest BCUT2D eigenvalue weighted by molar-refractivity contribution is 0.0962. The van der Waals surface area contributed by atoms with Crippen LogP contribution in [0.1, 0.15) is 78.3 Å². The molecule has 0 radical (unpaired) electrons. The number of oxazole rings is 1. The van der Waals surface area contributed by atoms with Gasteiger partial charge in [-0.2, -0.15) is 0 Å². The SMILES string of the molecule is Br.Cc1nc2cc(C(=O)CN3Cc4ccc(C5CC5)nc4C3=N)cc(C(C)(C)C)c2o1. The summed E-state index contributed by atoms with van der Waals surface area (Å²) in [4.78, 5) is 24.2. The molecule has 5 rings (SSSR count). The van der Waals surface area contributed by atoms with Crippen LogP contribution in [0.5, 0.6) is 0 Å². The first-order chi connectivity index (χ1) is 14.2. The number of benzene rings is 1. The maximum Gasteiger partial charge on any atom is 0.192 e. The predicted octanol–water partition coefficient (Wildman–Crippen LogP) is 5.31. The number of pyridine rings is 1. The average molecular weight is 483 g/mol. The van der Waals surface area contributed by atoms with Gasteiger partial charge in [-0.05, 0) is 36.5 Å². The second-order valence-corrected chi connectivity index (χ2v) is 9.50. The standard InChI is InChI=1S/C24H26N4O2.BrH/c1-13-26-19-10-16(9-17(22(19)30-13)24(2,3)4)20(29)12-28-11-15-7-8-18(14-5-6-14)27-21(15)23(28)25;/h7-10,14,25H,5-6,11-12H2,1-4H3;1H. The summed E-state index contributed by atoms with van der Waals surface area (Å²) in [5.41, 5.74) is 5.68. The minimum Gasteiger partial charge on any atom is -0.441 e. The maximum atomic E-state index is 13.2. The number of nitrogens with zero attached hydrogens (tertiary/aromatic N) is 3. The molecule has 0 bridgehead atoms. The quantitative estimate of drug-likeness (QED) is 0.509. The number of halogens is 1. The van der Waals surface area contributed by atoms with Crippen LogP contribution < -0.4 is 0 Å². The van der Waals surface area contributed by atoms with Crippen LogP contribution in [-0.2, 0) is 12.0 Å². The van der Waals surface area contributed by atoms with E-state index in [1.807, 2.05) is 17.9 Å². The van der Waals surface area contributed by atoms with Crippen molar-refractivity contribution in [3.63, 3.8) is 0 Å². The zero-order valence-corrected chi connectivity index (χ0v) is 20.0. The highest BCUT2D eigenvalue weighted by Crippen LogP contribution is 2.40. The van der Waals surface area contributed by atoms with Crippen LogP contribution in [0.15, 0.2) is 28.7 Å². The lowest BCUT2D eigenvalue weighted by Gasteiger charge is -2.21. The van der Waals surface area contributed by atoms with Crippen molar-refractivity contribution in [3.05, 3.63) is 58.2 Å². The molecule has 2 aromatic heterocycles. The summed E-state index contributed by atoms with van der Waals surface area (Å²) < 4.78 is 5.81. The van der Waals surface area contributed by atoms with Gasteiger partial charge < -0.3 is 9.32 Å². The molecule has 0 unspecified atom stereocenters. The number of carbonyl (C=O) groups excluding carboxylic acids is 1. The summed E-state index contributed by atoms with van der Waals surface area (Å²) in [6.45, 7) is 8.83. The van der Waals surface area contributed by atoms with Crippen LogP contribution in [0.2, 0.25) is 0 Å². The highest BCUT2D eigenvalue weighted by atomic mass is 79.9. The van der Waals surface area contributed by atoms with Crippen LogP contribution in [0, 0.1) is 12.3 Å². The molecule has 0 atom stereocenters. The number of ketones is 1. The zero-order valence-electron chi connectivity index (χ0n) is 18.3. The van der Waals surface area contributed by atoms with E-state index in [0.717, 1.165) is 28.1 Å². The van der Waals surface area contributed by atoms with Crippen LogP contribution >= 0.6 is 17.0 Å². The number of hydrogen-bond donors (Lipinski definition) is 1. The molecule has 1 fully saturated rings. The first-order valence-electron chi connectivity index (χ1n) is 10.5. The van der Waals surface area contributed by atoms with Crippen LogP contribution in [0.25, 0.3) is 11.1 Å². The van der Waals surface area contributed by atoms with Gasteiger partial charge in [0.1, 0.15) is 17.0 Å². The number of rotatable bonds is 4. The lowest BCUT2D eigenvalue weighted by Crippen LogP contribution is -2.30. The van der Waals surface area contributed by atoms with Crippen molar-refractivity contribution in [2.24, 2.45) is 0 Å². The van der Waals surface area contributed by atoms with Crippen molar-refractivity contribution in [1.82, 2.24) is 14.9 Å². The molecular weight excluding hydrogens is 456 g/mol. The molecule has 3 heterocycles. The Balaban J connectivity index is 0.00000231. The Bertz CT molecular complexity index is 1200. The lowest BCUT2D eigenvalue weighted by atomic mass is 9.85. The Morgan fingerprint density at radius 2 is 1.97 bits per heavy atom. The van der Waals surface area contributed by atoms with Gasteiger partial charge in [-0.1, -0.05) is 26.8 Å². The van der Waals surface area contributed by atoms with Gasteiger partial charge in [-0.25, -0.2) is 9.97 Å². The van der Waals surface area contributed by atoms with E-state index >= 15 is 0 Å². The Labute approximate surface area is 192 Å². The third kappa shape index (κ3) is 3.91. The molecule has 7 heteroatoms. The van der Waals surface area contributed by atoms with Gasteiger partial charge >= 0.3 is 0 Å². The topological polar surface area (TPSA) is 83.1 Å². The number of carbonyl (C=O) groups is 1. The van der Waals surface area contributed by atoms with Crippen LogP contribution in [-0.4, -0.2) is 33.0 Å². The van der Waals surface area contributed by atoms with Gasteiger partial charge in [-0.15, -0.1) is 17.0 Å². The van der Waals surface area contributed by atoms with Gasteiger partial charge in [0.05, 0.1) is 6.54 Å². The molecule has 1 saturated carbocycles. The molecule has 1 N–H and O–H groups in total. The highest BCUT2D eigenvalue weighted by Gasteiger charge is 2.31. The summed E-state index contributed by atoms with van der Waals surface area (Å²) >= 11 is 0. The normalized spacial score (nSPS) is 15.9. The minimum absolute atomic E-state index is 0. The molecule has 0 spiro atoms. The molecule has 1 aromatic carbocycles. The number of hydrogen-bond acceptors (Lipinski definition) is 5. The van der Waals surface area contributed by atoms with E-state index in [1.54, 1.807) is 6.07 Å². The first-order valence-corrected chi connectivity index (χ1v) is 10.5. The first kappa shape index (κ1) is 21.7. The monoisotopic (exact) mass is 482 g/mol. The summed E-state index contributed by atoms with van der Waals surface area (Å²) in [5.74, 6) is 1.46. The minimum atomic E-state index is -0.180. The summed E-state index contributed by atoms with van der Waals surface area (Å²) in [5, 5.41) is 8.56. The van der Waals surface area contributed by atoms with Gasteiger partial charge in [0.25, 0.3) is 0 Å². The third-order valence-electron chi connectivity index (χ3n) is 5.96. The van der Waals surface area contributed by atoms with Crippen molar-refractivity contribution in [2.75, 3.05) is 6.54 Å². The Hall–Kier alpha value is -2.54. The molecule has 0 amide bonds. The molecule has 0 saturated heterocycles. The fraction of sp³-hybridized carbons (Fsp3) is 0.417.